The molecule has 0 saturated carbocycles. The summed E-state index contributed by atoms with van der Waals surface area (Å²) in [6, 6.07) is 31.3. The minimum atomic E-state index is 0.565. The van der Waals surface area contributed by atoms with Crippen molar-refractivity contribution < 1.29 is 0 Å². The summed E-state index contributed by atoms with van der Waals surface area (Å²) in [4.78, 5) is 0. The maximum absolute atomic E-state index is 2.39. The van der Waals surface area contributed by atoms with E-state index in [1.807, 2.05) is 0 Å². The van der Waals surface area contributed by atoms with E-state index in [9.17, 15) is 0 Å². The molecule has 0 amide bonds. The lowest BCUT2D eigenvalue weighted by Gasteiger charge is -2.34. The van der Waals surface area contributed by atoms with Gasteiger partial charge in [0.2, 0.25) is 0 Å². The van der Waals surface area contributed by atoms with E-state index in [-0.39, 0.29) is 0 Å². The van der Waals surface area contributed by atoms with E-state index in [1.54, 1.807) is 11.1 Å². The van der Waals surface area contributed by atoms with Crippen LogP contribution in [0, 0.1) is 0 Å². The summed E-state index contributed by atoms with van der Waals surface area (Å²) in [5.74, 6) is 1.77. The largest absolute Gasteiger partial charge is 0.0622 e. The third kappa shape index (κ3) is 3.60. The molecule has 0 aliphatic heterocycles. The molecule has 3 aromatic carbocycles. The Kier molecular flexibility index (Phi) is 5.20. The van der Waals surface area contributed by atoms with Crippen molar-refractivity contribution in [3.05, 3.63) is 107 Å². The number of rotatable bonds is 5. The molecule has 3 atom stereocenters. The van der Waals surface area contributed by atoms with Crippen molar-refractivity contribution in [3.63, 3.8) is 0 Å². The number of hydrogen-bond acceptors (Lipinski definition) is 0. The molecule has 26 heavy (non-hydrogen) atoms. The Morgan fingerprint density at radius 1 is 0.769 bits per heavy atom. The summed E-state index contributed by atoms with van der Waals surface area (Å²) in [6.45, 7) is 2.39. The fourth-order valence-electron chi connectivity index (χ4n) is 4.74. The zero-order valence-corrected chi connectivity index (χ0v) is 15.6. The quantitative estimate of drug-likeness (QED) is 0.465. The third-order valence-electron chi connectivity index (χ3n) is 6.11. The molecule has 0 nitrogen and oxygen atoms in total. The van der Waals surface area contributed by atoms with Crippen molar-refractivity contribution in [2.75, 3.05) is 0 Å². The number of aryl methyl sites for hydroxylation is 1. The molecule has 0 spiro atoms. The standard InChI is InChI=1S/C26H28/c1-20(21-11-4-2-5-12-21)19-26(23-13-6-3-7-14-23)25-18-10-16-22-15-8-9-17-24(22)25/h2-9,11-15,17,20,25-26H,10,16,18-19H2,1H3. The maximum atomic E-state index is 2.39. The first-order valence-corrected chi connectivity index (χ1v) is 10.0. The topological polar surface area (TPSA) is 0 Å². The van der Waals surface area contributed by atoms with Gasteiger partial charge >= 0.3 is 0 Å². The van der Waals surface area contributed by atoms with Crippen LogP contribution in [0.5, 0.6) is 0 Å². The first-order valence-electron chi connectivity index (χ1n) is 10.0. The van der Waals surface area contributed by atoms with Gasteiger partial charge in [-0.15, -0.1) is 0 Å². The molecule has 0 heterocycles. The zero-order valence-electron chi connectivity index (χ0n) is 15.6. The highest BCUT2D eigenvalue weighted by atomic mass is 14.3. The van der Waals surface area contributed by atoms with E-state index in [0.29, 0.717) is 17.8 Å². The monoisotopic (exact) mass is 340 g/mol. The minimum Gasteiger partial charge on any atom is -0.0622 e. The van der Waals surface area contributed by atoms with E-state index >= 15 is 0 Å². The van der Waals surface area contributed by atoms with Crippen LogP contribution in [0.2, 0.25) is 0 Å². The summed E-state index contributed by atoms with van der Waals surface area (Å²) in [6.07, 6.45) is 5.05. The summed E-state index contributed by atoms with van der Waals surface area (Å²) >= 11 is 0. The van der Waals surface area contributed by atoms with Crippen LogP contribution in [-0.4, -0.2) is 0 Å². The van der Waals surface area contributed by atoms with Gasteiger partial charge in [0.05, 0.1) is 0 Å². The van der Waals surface area contributed by atoms with Gasteiger partial charge in [0, 0.05) is 0 Å². The van der Waals surface area contributed by atoms with Crippen LogP contribution >= 0.6 is 0 Å². The van der Waals surface area contributed by atoms with Gasteiger partial charge in [-0.1, -0.05) is 91.9 Å². The average Bonchev–Trinajstić information content (AvgIpc) is 2.73. The SMILES string of the molecule is CC(CC(c1ccccc1)C1CCCc2ccccc21)c1ccccc1. The second kappa shape index (κ2) is 7.91. The second-order valence-corrected chi connectivity index (χ2v) is 7.76. The predicted octanol–water partition coefficient (Wildman–Crippen LogP) is 7.08. The second-order valence-electron chi connectivity index (χ2n) is 7.76. The highest BCUT2D eigenvalue weighted by Gasteiger charge is 2.30. The fraction of sp³-hybridized carbons (Fsp3) is 0.308. The van der Waals surface area contributed by atoms with Crippen molar-refractivity contribution >= 4 is 0 Å². The molecule has 1 aliphatic rings. The average molecular weight is 341 g/mol. The van der Waals surface area contributed by atoms with Gasteiger partial charge in [0.1, 0.15) is 0 Å². The summed E-state index contributed by atoms with van der Waals surface area (Å²) < 4.78 is 0. The van der Waals surface area contributed by atoms with Gasteiger partial charge in [-0.05, 0) is 65.7 Å². The van der Waals surface area contributed by atoms with E-state index in [4.69, 9.17) is 0 Å². The van der Waals surface area contributed by atoms with E-state index in [2.05, 4.69) is 91.9 Å². The zero-order chi connectivity index (χ0) is 17.8. The normalized spacial score (nSPS) is 18.7. The van der Waals surface area contributed by atoms with Gasteiger partial charge in [-0.2, -0.15) is 0 Å². The molecule has 3 unspecified atom stereocenters. The molecule has 0 bridgehead atoms. The van der Waals surface area contributed by atoms with Crippen LogP contribution in [0.25, 0.3) is 0 Å². The molecule has 0 aromatic heterocycles. The molecular weight excluding hydrogens is 312 g/mol. The van der Waals surface area contributed by atoms with E-state index in [0.717, 1.165) is 0 Å². The lowest BCUT2D eigenvalue weighted by atomic mass is 9.70. The number of benzene rings is 3. The molecule has 1 aliphatic carbocycles. The lowest BCUT2D eigenvalue weighted by Crippen LogP contribution is -2.19. The molecule has 0 radical (unpaired) electrons. The molecule has 4 rings (SSSR count). The smallest absolute Gasteiger partial charge is 0.00873 e. The van der Waals surface area contributed by atoms with E-state index < -0.39 is 0 Å². The Morgan fingerprint density at radius 3 is 2.12 bits per heavy atom. The first kappa shape index (κ1) is 17.1. The summed E-state index contributed by atoms with van der Waals surface area (Å²) in [5.41, 5.74) is 6.11. The van der Waals surface area contributed by atoms with Crippen LogP contribution in [-0.2, 0) is 6.42 Å². The highest BCUT2D eigenvalue weighted by Crippen LogP contribution is 2.45. The molecule has 0 heteroatoms. The molecule has 3 aromatic rings. The van der Waals surface area contributed by atoms with Gasteiger partial charge < -0.3 is 0 Å². The number of fused-ring (bicyclic) bond motifs is 1. The Labute approximate surface area is 157 Å². The highest BCUT2D eigenvalue weighted by molar-refractivity contribution is 5.37. The summed E-state index contributed by atoms with van der Waals surface area (Å²) in [5, 5.41) is 0. The van der Waals surface area contributed by atoms with Crippen LogP contribution in [0.4, 0.5) is 0 Å². The predicted molar refractivity (Wildman–Crippen MR) is 111 cm³/mol. The van der Waals surface area contributed by atoms with Gasteiger partial charge in [-0.25, -0.2) is 0 Å². The van der Waals surface area contributed by atoms with Gasteiger partial charge in [-0.3, -0.25) is 0 Å². The van der Waals surface area contributed by atoms with Crippen LogP contribution in [0.1, 0.15) is 66.2 Å². The maximum Gasteiger partial charge on any atom is -0.00873 e. The van der Waals surface area contributed by atoms with Crippen molar-refractivity contribution in [2.24, 2.45) is 0 Å². The molecule has 132 valence electrons. The van der Waals surface area contributed by atoms with Gasteiger partial charge in [0.25, 0.3) is 0 Å². The van der Waals surface area contributed by atoms with Crippen LogP contribution in [0.15, 0.2) is 84.9 Å². The summed E-state index contributed by atoms with van der Waals surface area (Å²) in [7, 11) is 0. The molecule has 0 N–H and O–H groups in total. The Bertz CT molecular complexity index is 819. The third-order valence-corrected chi connectivity index (χ3v) is 6.11. The van der Waals surface area contributed by atoms with Crippen molar-refractivity contribution in [1.82, 2.24) is 0 Å². The van der Waals surface area contributed by atoms with Crippen LogP contribution < -0.4 is 0 Å². The molecular formula is C26H28. The Hall–Kier alpha value is -2.34. The minimum absolute atomic E-state index is 0.565. The van der Waals surface area contributed by atoms with Crippen molar-refractivity contribution in [1.29, 1.82) is 0 Å². The molecule has 0 fully saturated rings. The Morgan fingerprint density at radius 2 is 1.38 bits per heavy atom. The lowest BCUT2D eigenvalue weighted by molar-refractivity contribution is 0.423. The van der Waals surface area contributed by atoms with E-state index in [1.165, 1.54) is 36.8 Å². The fourth-order valence-corrected chi connectivity index (χ4v) is 4.74. The van der Waals surface area contributed by atoms with Crippen molar-refractivity contribution in [3.8, 4) is 0 Å². The van der Waals surface area contributed by atoms with Gasteiger partial charge in [0.15, 0.2) is 0 Å². The Balaban J connectivity index is 1.69. The molecule has 0 saturated heterocycles. The first-order chi connectivity index (χ1) is 12.8. The van der Waals surface area contributed by atoms with Crippen LogP contribution in [0.3, 0.4) is 0 Å². The number of hydrogen-bond donors (Lipinski definition) is 0. The van der Waals surface area contributed by atoms with Crippen molar-refractivity contribution in [2.45, 2.75) is 50.4 Å².